The van der Waals surface area contributed by atoms with E-state index in [0.717, 1.165) is 17.0 Å². The number of nitrogens with one attached hydrogen (secondary N) is 1. The van der Waals surface area contributed by atoms with Gasteiger partial charge in [0.2, 0.25) is 0 Å². The zero-order valence-electron chi connectivity index (χ0n) is 7.62. The van der Waals surface area contributed by atoms with E-state index >= 15 is 0 Å². The average molecular weight is 209 g/mol. The van der Waals surface area contributed by atoms with E-state index in [2.05, 4.69) is 10.2 Å². The number of aromatic amines is 1. The summed E-state index contributed by atoms with van der Waals surface area (Å²) in [5.74, 6) is 0.738. The lowest BCUT2D eigenvalue weighted by Crippen LogP contribution is -1.84. The summed E-state index contributed by atoms with van der Waals surface area (Å²) in [5.41, 5.74) is 1.89. The normalized spacial score (nSPS) is 10.1. The topological polar surface area (TPSA) is 37.9 Å². The molecule has 2 aromatic rings. The molecule has 0 aliphatic carbocycles. The number of halogens is 1. The van der Waals surface area contributed by atoms with Gasteiger partial charge in [0, 0.05) is 16.8 Å². The average Bonchev–Trinajstić information content (AvgIpc) is 2.69. The van der Waals surface area contributed by atoms with Crippen molar-refractivity contribution in [2.45, 2.75) is 0 Å². The summed E-state index contributed by atoms with van der Waals surface area (Å²) in [6.45, 7) is 0. The minimum Gasteiger partial charge on any atom is -0.497 e. The van der Waals surface area contributed by atoms with Gasteiger partial charge in [0.1, 0.15) is 5.75 Å². The summed E-state index contributed by atoms with van der Waals surface area (Å²) in [6.07, 6.45) is 1.70. The molecule has 0 spiro atoms. The molecule has 0 aliphatic rings. The first-order chi connectivity index (χ1) is 6.79. The third-order valence-electron chi connectivity index (χ3n) is 1.92. The third-order valence-corrected chi connectivity index (χ3v) is 2.14. The van der Waals surface area contributed by atoms with Gasteiger partial charge in [-0.2, -0.15) is 5.10 Å². The van der Waals surface area contributed by atoms with Gasteiger partial charge in [-0.15, -0.1) is 0 Å². The molecule has 0 aliphatic heterocycles. The fourth-order valence-electron chi connectivity index (χ4n) is 1.25. The summed E-state index contributed by atoms with van der Waals surface area (Å²) < 4.78 is 5.11. The van der Waals surface area contributed by atoms with Crippen LogP contribution in [0.15, 0.2) is 30.5 Å². The van der Waals surface area contributed by atoms with Crippen molar-refractivity contribution in [2.24, 2.45) is 0 Å². The number of hydrogen-bond acceptors (Lipinski definition) is 2. The molecule has 0 bridgehead atoms. The standard InChI is InChI=1S/C10H9ClN2O/c1-14-9-5-7(4-8(11)6-9)10-2-3-12-13-10/h2-6H,1H3,(H,12,13). The van der Waals surface area contributed by atoms with E-state index in [9.17, 15) is 0 Å². The van der Waals surface area contributed by atoms with Crippen molar-refractivity contribution in [3.05, 3.63) is 35.5 Å². The molecule has 1 heterocycles. The number of benzene rings is 1. The molecule has 3 nitrogen and oxygen atoms in total. The van der Waals surface area contributed by atoms with Gasteiger partial charge in [-0.3, -0.25) is 5.10 Å². The molecule has 1 aromatic carbocycles. The van der Waals surface area contributed by atoms with Crippen LogP contribution in [0, 0.1) is 0 Å². The van der Waals surface area contributed by atoms with E-state index in [1.165, 1.54) is 0 Å². The molecule has 14 heavy (non-hydrogen) atoms. The monoisotopic (exact) mass is 208 g/mol. The molecular weight excluding hydrogens is 200 g/mol. The van der Waals surface area contributed by atoms with Crippen molar-refractivity contribution >= 4 is 11.6 Å². The van der Waals surface area contributed by atoms with E-state index in [0.29, 0.717) is 5.02 Å². The van der Waals surface area contributed by atoms with Crippen molar-refractivity contribution in [1.29, 1.82) is 0 Å². The maximum Gasteiger partial charge on any atom is 0.121 e. The highest BCUT2D eigenvalue weighted by Crippen LogP contribution is 2.26. The quantitative estimate of drug-likeness (QED) is 0.824. The largest absolute Gasteiger partial charge is 0.497 e. The van der Waals surface area contributed by atoms with Gasteiger partial charge in [0.25, 0.3) is 0 Å². The molecule has 4 heteroatoms. The van der Waals surface area contributed by atoms with Crippen LogP contribution in [-0.4, -0.2) is 17.3 Å². The Morgan fingerprint density at radius 3 is 2.86 bits per heavy atom. The number of hydrogen-bond donors (Lipinski definition) is 1. The van der Waals surface area contributed by atoms with Crippen LogP contribution in [0.2, 0.25) is 5.02 Å². The first kappa shape index (κ1) is 9.09. The molecule has 0 saturated carbocycles. The van der Waals surface area contributed by atoms with Crippen LogP contribution in [-0.2, 0) is 0 Å². The van der Waals surface area contributed by atoms with Gasteiger partial charge in [0.15, 0.2) is 0 Å². The molecule has 2 rings (SSSR count). The van der Waals surface area contributed by atoms with Crippen LogP contribution in [0.4, 0.5) is 0 Å². The number of ether oxygens (including phenoxy) is 1. The second-order valence-corrected chi connectivity index (χ2v) is 3.29. The van der Waals surface area contributed by atoms with Gasteiger partial charge in [-0.25, -0.2) is 0 Å². The summed E-state index contributed by atoms with van der Waals surface area (Å²) >= 11 is 5.93. The second kappa shape index (κ2) is 3.72. The molecule has 1 aromatic heterocycles. The number of aromatic nitrogens is 2. The zero-order valence-corrected chi connectivity index (χ0v) is 8.38. The lowest BCUT2D eigenvalue weighted by molar-refractivity contribution is 0.415. The van der Waals surface area contributed by atoms with E-state index < -0.39 is 0 Å². The maximum absolute atomic E-state index is 5.93. The van der Waals surface area contributed by atoms with Crippen LogP contribution in [0.5, 0.6) is 5.75 Å². The van der Waals surface area contributed by atoms with Crippen molar-refractivity contribution in [3.63, 3.8) is 0 Å². The Hall–Kier alpha value is -1.48. The molecule has 0 radical (unpaired) electrons. The molecule has 72 valence electrons. The van der Waals surface area contributed by atoms with E-state index in [4.69, 9.17) is 16.3 Å². The van der Waals surface area contributed by atoms with Crippen molar-refractivity contribution in [3.8, 4) is 17.0 Å². The predicted octanol–water partition coefficient (Wildman–Crippen LogP) is 2.74. The van der Waals surface area contributed by atoms with Crippen LogP contribution >= 0.6 is 11.6 Å². The van der Waals surface area contributed by atoms with Crippen molar-refractivity contribution in [1.82, 2.24) is 10.2 Å². The lowest BCUT2D eigenvalue weighted by Gasteiger charge is -2.03. The van der Waals surface area contributed by atoms with Crippen molar-refractivity contribution in [2.75, 3.05) is 7.11 Å². The summed E-state index contributed by atoms with van der Waals surface area (Å²) in [6, 6.07) is 7.41. The molecule has 0 saturated heterocycles. The maximum atomic E-state index is 5.93. The van der Waals surface area contributed by atoms with Gasteiger partial charge in [-0.05, 0) is 24.3 Å². The van der Waals surface area contributed by atoms with Crippen LogP contribution in [0.3, 0.4) is 0 Å². The van der Waals surface area contributed by atoms with Crippen LogP contribution < -0.4 is 4.74 Å². The minimum atomic E-state index is 0.647. The number of nitrogens with zero attached hydrogens (tertiary/aromatic N) is 1. The molecule has 0 unspecified atom stereocenters. The Kier molecular flexibility index (Phi) is 2.41. The van der Waals surface area contributed by atoms with Gasteiger partial charge < -0.3 is 4.74 Å². The summed E-state index contributed by atoms with van der Waals surface area (Å²) in [7, 11) is 1.61. The van der Waals surface area contributed by atoms with Gasteiger partial charge >= 0.3 is 0 Å². The molecule has 1 N–H and O–H groups in total. The molecule has 0 fully saturated rings. The second-order valence-electron chi connectivity index (χ2n) is 2.85. The summed E-state index contributed by atoms with van der Waals surface area (Å²) in [4.78, 5) is 0. The minimum absolute atomic E-state index is 0.647. The Morgan fingerprint density at radius 2 is 2.21 bits per heavy atom. The Balaban J connectivity index is 2.48. The fraction of sp³-hybridized carbons (Fsp3) is 0.100. The zero-order chi connectivity index (χ0) is 9.97. The summed E-state index contributed by atoms with van der Waals surface area (Å²) in [5, 5.41) is 7.39. The van der Waals surface area contributed by atoms with Crippen LogP contribution in [0.25, 0.3) is 11.3 Å². The third kappa shape index (κ3) is 1.72. The van der Waals surface area contributed by atoms with E-state index in [1.807, 2.05) is 18.2 Å². The Bertz CT molecular complexity index is 426. The smallest absolute Gasteiger partial charge is 0.121 e. The highest BCUT2D eigenvalue weighted by molar-refractivity contribution is 6.31. The fourth-order valence-corrected chi connectivity index (χ4v) is 1.48. The Morgan fingerprint density at radius 1 is 1.36 bits per heavy atom. The molecule has 0 amide bonds. The molecule has 0 atom stereocenters. The number of methoxy groups -OCH3 is 1. The van der Waals surface area contributed by atoms with E-state index in [-0.39, 0.29) is 0 Å². The van der Waals surface area contributed by atoms with Gasteiger partial charge in [0.05, 0.1) is 12.8 Å². The molecular formula is C10H9ClN2O. The number of H-pyrrole nitrogens is 1. The van der Waals surface area contributed by atoms with Crippen molar-refractivity contribution < 1.29 is 4.74 Å². The number of rotatable bonds is 2. The highest BCUT2D eigenvalue weighted by Gasteiger charge is 2.02. The highest BCUT2D eigenvalue weighted by atomic mass is 35.5. The first-order valence-electron chi connectivity index (χ1n) is 4.14. The lowest BCUT2D eigenvalue weighted by atomic mass is 10.1. The Labute approximate surface area is 86.7 Å². The van der Waals surface area contributed by atoms with Gasteiger partial charge in [-0.1, -0.05) is 11.6 Å². The van der Waals surface area contributed by atoms with Crippen LogP contribution in [0.1, 0.15) is 0 Å². The predicted molar refractivity (Wildman–Crippen MR) is 55.6 cm³/mol. The van der Waals surface area contributed by atoms with E-state index in [1.54, 1.807) is 19.4 Å². The SMILES string of the molecule is COc1cc(Cl)cc(-c2ccn[nH]2)c1. The first-order valence-corrected chi connectivity index (χ1v) is 4.52.